The fraction of sp³-hybridized carbons (Fsp3) is 0.0909. The number of amides is 2. The number of carbonyl (C=O) groups is 4. The quantitative estimate of drug-likeness (QED) is 0.370. The molecule has 1 rings (SSSR count). The van der Waals surface area contributed by atoms with E-state index in [1.165, 1.54) is 0 Å². The van der Waals surface area contributed by atoms with Crippen molar-refractivity contribution in [1.82, 2.24) is 0 Å². The highest BCUT2D eigenvalue weighted by atomic mass is 35.5. The Kier molecular flexibility index (Phi) is 6.18. The second-order valence-corrected chi connectivity index (χ2v) is 5.30. The highest BCUT2D eigenvalue weighted by Crippen LogP contribution is 2.32. The molecule has 1 aromatic carbocycles. The second-order valence-electron chi connectivity index (χ2n) is 3.99. The maximum atomic E-state index is 11.2. The number of hydrogen-bond donors (Lipinski definition) is 5. The Morgan fingerprint density at radius 1 is 1.00 bits per heavy atom. The summed E-state index contributed by atoms with van der Waals surface area (Å²) < 4.78 is 19.7. The summed E-state index contributed by atoms with van der Waals surface area (Å²) in [4.78, 5) is 43.4. The van der Waals surface area contributed by atoms with Crippen LogP contribution in [0, 0.1) is 0 Å². The van der Waals surface area contributed by atoms with Crippen LogP contribution in [-0.2, 0) is 36.0 Å². The Bertz CT molecular complexity index is 671. The molecule has 2 amide bonds. The summed E-state index contributed by atoms with van der Waals surface area (Å²) in [6, 6.07) is 2.24. The summed E-state index contributed by atoms with van der Waals surface area (Å²) in [6.07, 6.45) is 0. The summed E-state index contributed by atoms with van der Waals surface area (Å²) in [5.41, 5.74) is -0.456. The Balaban J connectivity index is 3.29. The van der Waals surface area contributed by atoms with Gasteiger partial charge in [0.15, 0.2) is 11.1 Å². The summed E-state index contributed by atoms with van der Waals surface area (Å²) >= 11 is 3.58. The number of carboxylic acids is 2. The standard InChI is InChI=1S/C11H9ClN2O8S/c12-7-5(13-8(15)10(17)18)1-4(3-23(21)22)2-6(7)14-9(16)11(19)20/h1-2H,3H2,(H,13,15)(H,14,16)(H,17,18)(H,19,20)(H,21,22). The zero-order valence-corrected chi connectivity index (χ0v) is 12.6. The van der Waals surface area contributed by atoms with E-state index in [4.69, 9.17) is 26.4 Å². The lowest BCUT2D eigenvalue weighted by Gasteiger charge is -2.13. The van der Waals surface area contributed by atoms with Gasteiger partial charge < -0.3 is 25.4 Å². The smallest absolute Gasteiger partial charge is 0.394 e. The van der Waals surface area contributed by atoms with Gasteiger partial charge in [0.25, 0.3) is 0 Å². The molecule has 0 aliphatic rings. The Morgan fingerprint density at radius 3 is 1.70 bits per heavy atom. The monoisotopic (exact) mass is 364 g/mol. The van der Waals surface area contributed by atoms with Gasteiger partial charge in [-0.05, 0) is 17.7 Å². The number of nitrogens with one attached hydrogen (secondary N) is 2. The molecule has 5 N–H and O–H groups in total. The first-order chi connectivity index (χ1) is 10.6. The van der Waals surface area contributed by atoms with Crippen LogP contribution in [0.25, 0.3) is 0 Å². The molecular weight excluding hydrogens is 356 g/mol. The van der Waals surface area contributed by atoms with Crippen LogP contribution in [0.5, 0.6) is 0 Å². The van der Waals surface area contributed by atoms with Crippen molar-refractivity contribution in [2.75, 3.05) is 10.6 Å². The number of hydrogen-bond acceptors (Lipinski definition) is 5. The first kappa shape index (κ1) is 18.5. The normalized spacial score (nSPS) is 11.4. The molecule has 0 bridgehead atoms. The maximum Gasteiger partial charge on any atom is 0.394 e. The molecule has 0 saturated heterocycles. The molecule has 0 spiro atoms. The summed E-state index contributed by atoms with van der Waals surface area (Å²) in [7, 11) is 0. The zero-order valence-electron chi connectivity index (χ0n) is 11.0. The van der Waals surface area contributed by atoms with Gasteiger partial charge in [0.2, 0.25) is 0 Å². The van der Waals surface area contributed by atoms with E-state index in [9.17, 15) is 23.4 Å². The molecule has 0 aliphatic carbocycles. The molecule has 10 nitrogen and oxygen atoms in total. The van der Waals surface area contributed by atoms with E-state index in [1.54, 1.807) is 0 Å². The molecule has 1 atom stereocenters. The van der Waals surface area contributed by atoms with Crippen molar-refractivity contribution in [2.45, 2.75) is 5.75 Å². The predicted octanol–water partition coefficient (Wildman–Crippen LogP) is 0.108. The average molecular weight is 365 g/mol. The molecule has 12 heteroatoms. The first-order valence-electron chi connectivity index (χ1n) is 5.60. The van der Waals surface area contributed by atoms with E-state index in [1.807, 2.05) is 10.6 Å². The summed E-state index contributed by atoms with van der Waals surface area (Å²) in [5, 5.41) is 20.6. The van der Waals surface area contributed by atoms with E-state index >= 15 is 0 Å². The molecule has 1 aromatic rings. The minimum Gasteiger partial charge on any atom is -0.474 e. The van der Waals surface area contributed by atoms with E-state index in [-0.39, 0.29) is 22.0 Å². The molecule has 0 aliphatic heterocycles. The van der Waals surface area contributed by atoms with Gasteiger partial charge >= 0.3 is 23.8 Å². The van der Waals surface area contributed by atoms with Crippen LogP contribution in [-0.4, -0.2) is 42.7 Å². The molecule has 0 aromatic heterocycles. The minimum atomic E-state index is -2.28. The number of rotatable bonds is 4. The second kappa shape index (κ2) is 7.67. The van der Waals surface area contributed by atoms with Crippen LogP contribution < -0.4 is 10.6 Å². The van der Waals surface area contributed by atoms with Crippen molar-refractivity contribution in [3.05, 3.63) is 22.7 Å². The third-order valence-corrected chi connectivity index (χ3v) is 3.29. The van der Waals surface area contributed by atoms with Gasteiger partial charge in [0.1, 0.15) is 0 Å². The van der Waals surface area contributed by atoms with Crippen molar-refractivity contribution in [2.24, 2.45) is 0 Å². The lowest BCUT2D eigenvalue weighted by atomic mass is 10.2. The summed E-state index contributed by atoms with van der Waals surface area (Å²) in [5.74, 6) is -6.93. The van der Waals surface area contributed by atoms with Crippen molar-refractivity contribution < 1.29 is 38.2 Å². The van der Waals surface area contributed by atoms with E-state index in [0.717, 1.165) is 12.1 Å². The van der Waals surface area contributed by atoms with E-state index in [0.29, 0.717) is 0 Å². The highest BCUT2D eigenvalue weighted by Gasteiger charge is 2.19. The van der Waals surface area contributed by atoms with Gasteiger partial charge in [-0.2, -0.15) is 0 Å². The molecule has 0 saturated carbocycles. The van der Waals surface area contributed by atoms with Crippen LogP contribution in [0.15, 0.2) is 12.1 Å². The summed E-state index contributed by atoms with van der Waals surface area (Å²) in [6.45, 7) is 0. The van der Waals surface area contributed by atoms with Crippen LogP contribution in [0.1, 0.15) is 5.56 Å². The van der Waals surface area contributed by atoms with Crippen molar-refractivity contribution in [1.29, 1.82) is 0 Å². The molecule has 1 unspecified atom stereocenters. The van der Waals surface area contributed by atoms with Gasteiger partial charge in [-0.3, -0.25) is 9.59 Å². The SMILES string of the molecule is O=C(O)C(=O)Nc1cc(CS(=O)O)cc(NC(=O)C(=O)O)c1Cl. The first-order valence-corrected chi connectivity index (χ1v) is 7.25. The number of benzene rings is 1. The Hall–Kier alpha value is -2.50. The minimum absolute atomic E-state index is 0.0941. The van der Waals surface area contributed by atoms with Crippen molar-refractivity contribution in [3.63, 3.8) is 0 Å². The third kappa shape index (κ3) is 5.32. The molecular formula is C11H9ClN2O8S. The lowest BCUT2D eigenvalue weighted by Crippen LogP contribution is -2.24. The number of halogens is 1. The van der Waals surface area contributed by atoms with Gasteiger partial charge in [0, 0.05) is 0 Å². The molecule has 0 radical (unpaired) electrons. The largest absolute Gasteiger partial charge is 0.474 e. The van der Waals surface area contributed by atoms with E-state index in [2.05, 4.69) is 0 Å². The van der Waals surface area contributed by atoms with Gasteiger partial charge in [0.05, 0.1) is 22.2 Å². The van der Waals surface area contributed by atoms with Crippen molar-refractivity contribution >= 4 is 57.8 Å². The van der Waals surface area contributed by atoms with Gasteiger partial charge in [-0.25, -0.2) is 13.8 Å². The Labute approximate surface area is 135 Å². The highest BCUT2D eigenvalue weighted by molar-refractivity contribution is 7.78. The van der Waals surface area contributed by atoms with Crippen LogP contribution in [0.4, 0.5) is 11.4 Å². The predicted molar refractivity (Wildman–Crippen MR) is 78.5 cm³/mol. The molecule has 124 valence electrons. The molecule has 0 fully saturated rings. The van der Waals surface area contributed by atoms with Crippen molar-refractivity contribution in [3.8, 4) is 0 Å². The fourth-order valence-corrected chi connectivity index (χ4v) is 2.10. The molecule has 23 heavy (non-hydrogen) atoms. The van der Waals surface area contributed by atoms with Crippen LogP contribution in [0.2, 0.25) is 5.02 Å². The number of carbonyl (C=O) groups excluding carboxylic acids is 2. The third-order valence-electron chi connectivity index (χ3n) is 2.31. The topological polar surface area (TPSA) is 170 Å². The Morgan fingerprint density at radius 2 is 1.39 bits per heavy atom. The van der Waals surface area contributed by atoms with Crippen LogP contribution in [0.3, 0.4) is 0 Å². The fourth-order valence-electron chi connectivity index (χ4n) is 1.44. The lowest BCUT2D eigenvalue weighted by molar-refractivity contribution is -0.147. The van der Waals surface area contributed by atoms with E-state index < -0.39 is 40.6 Å². The van der Waals surface area contributed by atoms with Gasteiger partial charge in [-0.15, -0.1) is 0 Å². The average Bonchev–Trinajstić information content (AvgIpc) is 2.42. The van der Waals surface area contributed by atoms with Crippen LogP contribution >= 0.6 is 11.6 Å². The number of anilines is 2. The number of aliphatic carboxylic acids is 2. The molecule has 0 heterocycles. The number of carboxylic acid groups (broad SMARTS) is 2. The zero-order chi connectivity index (χ0) is 17.7. The maximum absolute atomic E-state index is 11.2. The van der Waals surface area contributed by atoms with Gasteiger partial charge in [-0.1, -0.05) is 11.6 Å².